The fourth-order valence-corrected chi connectivity index (χ4v) is 12.2. The summed E-state index contributed by atoms with van der Waals surface area (Å²) < 4.78 is 17.5. The standard InChI is InChI=1S/C51H91N13O13S2Si/c1-35(2)32-64-26-11-15-39(64)48(71)55-24-19-42(66)54-23-18-43(67)57-31-45(69)59-36(13-8-10-22-58-63-52)47(70)56-25-28-76-80-77-51(3,4)34-75-27-12-29-78-30-20-44(68)60-37(49(72)73)14-7-9-21-53-41(65)17-6-5-16-40-46-38(33-79-40)61-50(74)62-46/h35-40,46H,5-34,80H2,1-4H3,(H,53,65)(H,54,66)(H,55,71)(H,56,70)(H,57,67)(H,59,69)(H,60,68)(H,72,73)(H2,61,62,74)/t36-,37-,38?,39?,40?,46?/m0/s1. The molecule has 454 valence electrons. The van der Waals surface area contributed by atoms with Crippen LogP contribution in [0.3, 0.4) is 0 Å². The first kappa shape index (κ1) is 69.4. The number of unbranched alkanes of at least 4 members (excludes halogenated alkanes) is 3. The zero-order chi connectivity index (χ0) is 58.5. The molecule has 3 fully saturated rings. The molecule has 29 heteroatoms. The molecular weight excluding hydrogens is 1090 g/mol. The van der Waals surface area contributed by atoms with E-state index in [0.29, 0.717) is 68.8 Å². The van der Waals surface area contributed by atoms with E-state index in [1.165, 1.54) is 0 Å². The third-order valence-corrected chi connectivity index (χ3v) is 17.2. The van der Waals surface area contributed by atoms with Gasteiger partial charge in [0.25, 0.3) is 0 Å². The molecule has 0 aromatic rings. The lowest BCUT2D eigenvalue weighted by molar-refractivity contribution is -0.142. The summed E-state index contributed by atoms with van der Waals surface area (Å²) in [5.74, 6) is -0.747. The molecule has 3 heterocycles. The molecule has 0 aromatic carbocycles. The van der Waals surface area contributed by atoms with Crippen LogP contribution in [0.25, 0.3) is 10.4 Å². The normalized spacial score (nSPS) is 18.6. The molecule has 10 N–H and O–H groups in total. The molecule has 3 aliphatic rings. The number of hydrogen-bond donors (Lipinski definition) is 10. The van der Waals surface area contributed by atoms with E-state index >= 15 is 0 Å². The van der Waals surface area contributed by atoms with Crippen LogP contribution in [0.4, 0.5) is 4.79 Å². The van der Waals surface area contributed by atoms with Crippen LogP contribution < -0.4 is 47.9 Å². The monoisotopic (exact) mass is 1190 g/mol. The number of aliphatic carboxylic acids is 1. The van der Waals surface area contributed by atoms with Crippen LogP contribution in [-0.2, 0) is 51.9 Å². The van der Waals surface area contributed by atoms with Crippen molar-refractivity contribution in [1.29, 1.82) is 0 Å². The lowest BCUT2D eigenvalue weighted by Gasteiger charge is -2.25. The molecule has 0 radical (unpaired) electrons. The van der Waals surface area contributed by atoms with E-state index in [4.69, 9.17) is 19.1 Å². The van der Waals surface area contributed by atoms with Crippen molar-refractivity contribution in [3.63, 3.8) is 0 Å². The number of carbonyl (C=O) groups excluding carboxylic acids is 8. The number of urea groups is 1. The highest BCUT2D eigenvalue weighted by molar-refractivity contribution is 8.00. The molecule has 3 saturated heterocycles. The summed E-state index contributed by atoms with van der Waals surface area (Å²) in [5.41, 5.74) is 7.96. The Morgan fingerprint density at radius 3 is 2.29 bits per heavy atom. The number of thioether (sulfide) groups is 2. The van der Waals surface area contributed by atoms with E-state index in [-0.39, 0.29) is 119 Å². The predicted octanol–water partition coefficient (Wildman–Crippen LogP) is 1.24. The van der Waals surface area contributed by atoms with Gasteiger partial charge in [0.2, 0.25) is 41.4 Å². The van der Waals surface area contributed by atoms with Gasteiger partial charge in [-0.1, -0.05) is 31.8 Å². The molecule has 0 saturated carbocycles. The van der Waals surface area contributed by atoms with Gasteiger partial charge in [-0.05, 0) is 102 Å². The fraction of sp³-hybridized carbons (Fsp3) is 0.824. The fourth-order valence-electron chi connectivity index (χ4n) is 9.10. The third kappa shape index (κ3) is 30.8. The molecular formula is C51H91N13O13S2Si. The lowest BCUT2D eigenvalue weighted by Crippen LogP contribution is -2.50. The van der Waals surface area contributed by atoms with Gasteiger partial charge in [0, 0.05) is 93.2 Å². The van der Waals surface area contributed by atoms with Gasteiger partial charge in [-0.15, -0.1) is 0 Å². The highest BCUT2D eigenvalue weighted by Crippen LogP contribution is 2.33. The summed E-state index contributed by atoms with van der Waals surface area (Å²) in [6, 6.07) is -1.86. The molecule has 0 bridgehead atoms. The maximum atomic E-state index is 13.1. The summed E-state index contributed by atoms with van der Waals surface area (Å²) in [6.45, 7) is 11.3. The van der Waals surface area contributed by atoms with E-state index < -0.39 is 51.4 Å². The number of carboxylic acid groups (broad SMARTS) is 1. The smallest absolute Gasteiger partial charge is 0.326 e. The van der Waals surface area contributed by atoms with E-state index in [2.05, 4.69) is 76.6 Å². The van der Waals surface area contributed by atoms with Crippen LogP contribution in [0.1, 0.15) is 130 Å². The molecule has 6 atom stereocenters. The number of fused-ring (bicyclic) bond motifs is 1. The Morgan fingerprint density at radius 2 is 1.52 bits per heavy atom. The summed E-state index contributed by atoms with van der Waals surface area (Å²) >= 11 is 3.43. The number of carbonyl (C=O) groups is 9. The second-order valence-electron chi connectivity index (χ2n) is 21.2. The quantitative estimate of drug-likeness (QED) is 0.0102. The number of nitrogens with one attached hydrogen (secondary N) is 9. The number of hydrogen-bond acceptors (Lipinski definition) is 16. The number of ether oxygens (including phenoxy) is 1. The molecule has 3 aliphatic heterocycles. The largest absolute Gasteiger partial charge is 0.480 e. The molecule has 0 aromatic heterocycles. The average molecular weight is 1190 g/mol. The van der Waals surface area contributed by atoms with Crippen LogP contribution in [0.2, 0.25) is 0 Å². The first-order chi connectivity index (χ1) is 38.4. The number of azide groups is 1. The topological polar surface area (TPSA) is 362 Å². The van der Waals surface area contributed by atoms with Crippen molar-refractivity contribution < 1.29 is 61.8 Å². The average Bonchev–Trinajstić information content (AvgIpc) is 4.14. The Balaban J connectivity index is 1.17. The Hall–Kier alpha value is -4.90. The van der Waals surface area contributed by atoms with Crippen LogP contribution >= 0.6 is 23.5 Å². The van der Waals surface area contributed by atoms with Gasteiger partial charge in [-0.3, -0.25) is 38.5 Å². The minimum absolute atomic E-state index is 0.0381. The number of carboxylic acids is 1. The highest BCUT2D eigenvalue weighted by Gasteiger charge is 2.42. The summed E-state index contributed by atoms with van der Waals surface area (Å²) in [5, 5.41) is 38.3. The molecule has 0 aliphatic carbocycles. The molecule has 4 unspecified atom stereocenters. The van der Waals surface area contributed by atoms with E-state index in [9.17, 15) is 48.3 Å². The Morgan fingerprint density at radius 1 is 0.812 bits per heavy atom. The van der Waals surface area contributed by atoms with Gasteiger partial charge in [-0.2, -0.15) is 23.5 Å². The van der Waals surface area contributed by atoms with Gasteiger partial charge >= 0.3 is 22.0 Å². The Labute approximate surface area is 481 Å². The molecule has 9 amide bonds. The minimum atomic E-state index is -1.45. The number of likely N-dealkylation sites (tertiary alicyclic amines) is 1. The van der Waals surface area contributed by atoms with E-state index in [1.807, 2.05) is 25.6 Å². The highest BCUT2D eigenvalue weighted by atomic mass is 32.2. The molecule has 80 heavy (non-hydrogen) atoms. The zero-order valence-corrected chi connectivity index (χ0v) is 50.5. The van der Waals surface area contributed by atoms with Gasteiger partial charge in [0.15, 0.2) is 0 Å². The van der Waals surface area contributed by atoms with Crippen molar-refractivity contribution >= 4 is 86.9 Å². The van der Waals surface area contributed by atoms with Crippen LogP contribution in [0, 0.1) is 5.92 Å². The first-order valence-corrected chi connectivity index (χ1v) is 31.7. The van der Waals surface area contributed by atoms with Crippen molar-refractivity contribution in [3.8, 4) is 0 Å². The van der Waals surface area contributed by atoms with Crippen molar-refractivity contribution in [2.24, 2.45) is 11.0 Å². The summed E-state index contributed by atoms with van der Waals surface area (Å²) in [4.78, 5) is 116. The van der Waals surface area contributed by atoms with Crippen LogP contribution in [0.15, 0.2) is 5.11 Å². The SMILES string of the molecule is CC(C)CN1CCCC1C(=O)NCCC(=O)NCCC(=O)NCC(=O)N[C@@H](CCCCN=[N+]=[N-])C(=O)NCCO[SiH2]OC(C)(C)COCCCSCCC(=O)N[C@@H](CCCCNC(=O)CCCCC1SCC2NC(=O)NC21)C(=O)O. The number of nitrogens with zero attached hydrogens (tertiary/aromatic N) is 4. The predicted molar refractivity (Wildman–Crippen MR) is 308 cm³/mol. The van der Waals surface area contributed by atoms with Crippen molar-refractivity contribution in [2.75, 3.05) is 89.4 Å². The first-order valence-electron chi connectivity index (χ1n) is 28.3. The van der Waals surface area contributed by atoms with Crippen molar-refractivity contribution in [2.45, 2.75) is 171 Å². The van der Waals surface area contributed by atoms with Crippen molar-refractivity contribution in [3.05, 3.63) is 10.4 Å². The summed E-state index contributed by atoms with van der Waals surface area (Å²) in [6.07, 6.45) is 8.30. The number of rotatable bonds is 45. The van der Waals surface area contributed by atoms with Crippen LogP contribution in [-0.4, -0.2) is 204 Å². The van der Waals surface area contributed by atoms with Gasteiger partial charge in [0.05, 0.1) is 43.5 Å². The second-order valence-corrected chi connectivity index (χ2v) is 24.6. The Bertz CT molecular complexity index is 2010. The molecule has 3 rings (SSSR count). The molecule has 26 nitrogen and oxygen atoms in total. The molecule has 0 spiro atoms. The minimum Gasteiger partial charge on any atom is -0.480 e. The van der Waals surface area contributed by atoms with Crippen LogP contribution in [0.5, 0.6) is 0 Å². The van der Waals surface area contributed by atoms with E-state index in [0.717, 1.165) is 63.1 Å². The maximum absolute atomic E-state index is 13.1. The Kier molecular flexibility index (Phi) is 35.0. The summed E-state index contributed by atoms with van der Waals surface area (Å²) in [7, 11) is -1.45. The lowest BCUT2D eigenvalue weighted by atomic mass is 10.0. The second kappa shape index (κ2) is 40.3. The van der Waals surface area contributed by atoms with E-state index in [1.54, 1.807) is 11.8 Å². The maximum Gasteiger partial charge on any atom is 0.326 e. The zero-order valence-electron chi connectivity index (χ0n) is 47.4. The number of amides is 9. The third-order valence-electron chi connectivity index (χ3n) is 13.3. The van der Waals surface area contributed by atoms with Gasteiger partial charge < -0.3 is 66.5 Å². The van der Waals surface area contributed by atoms with Gasteiger partial charge in [-0.25, -0.2) is 9.59 Å². The van der Waals surface area contributed by atoms with Gasteiger partial charge in [0.1, 0.15) is 12.1 Å². The van der Waals surface area contributed by atoms with Crippen molar-refractivity contribution in [1.82, 2.24) is 52.8 Å².